The molecule has 1 amide bonds. The predicted octanol–water partition coefficient (Wildman–Crippen LogP) is 2.23. The largest absolute Gasteiger partial charge is 0.454 e. The summed E-state index contributed by atoms with van der Waals surface area (Å²) >= 11 is 0. The standard InChI is InChI=1S/C17H21NO6/c1-11(18(2)17(20)22-8-7-21-13-4-5-13)16(19)12-3-6-14-15(9-12)24-10-23-14/h3,6,9,11,13H,4-5,7-8,10H2,1-2H3. The molecule has 0 spiro atoms. The molecule has 1 aliphatic carbocycles. The second kappa shape index (κ2) is 7.09. The maximum Gasteiger partial charge on any atom is 0.410 e. The summed E-state index contributed by atoms with van der Waals surface area (Å²) in [7, 11) is 1.54. The Morgan fingerprint density at radius 2 is 2.00 bits per heavy atom. The van der Waals surface area contributed by atoms with Crippen molar-refractivity contribution in [2.24, 2.45) is 0 Å². The molecule has 7 nitrogen and oxygen atoms in total. The topological polar surface area (TPSA) is 74.3 Å². The first kappa shape index (κ1) is 16.6. The summed E-state index contributed by atoms with van der Waals surface area (Å²) in [6, 6.07) is 4.33. The quantitative estimate of drug-likeness (QED) is 0.562. The van der Waals surface area contributed by atoms with Crippen LogP contribution in [0, 0.1) is 0 Å². The van der Waals surface area contributed by atoms with Crippen LogP contribution in [0.2, 0.25) is 0 Å². The van der Waals surface area contributed by atoms with E-state index in [1.165, 1.54) is 4.90 Å². The number of fused-ring (bicyclic) bond motifs is 1. The van der Waals surface area contributed by atoms with Crippen molar-refractivity contribution in [3.63, 3.8) is 0 Å². The van der Waals surface area contributed by atoms with Crippen LogP contribution in [0.25, 0.3) is 0 Å². The zero-order valence-electron chi connectivity index (χ0n) is 13.8. The highest BCUT2D eigenvalue weighted by atomic mass is 16.7. The molecule has 130 valence electrons. The van der Waals surface area contributed by atoms with E-state index in [-0.39, 0.29) is 19.2 Å². The summed E-state index contributed by atoms with van der Waals surface area (Å²) in [6.07, 6.45) is 1.94. The molecule has 0 radical (unpaired) electrons. The molecular weight excluding hydrogens is 314 g/mol. The minimum Gasteiger partial charge on any atom is -0.454 e. The smallest absolute Gasteiger partial charge is 0.410 e. The molecule has 1 atom stereocenters. The first-order valence-corrected chi connectivity index (χ1v) is 8.01. The van der Waals surface area contributed by atoms with E-state index in [0.717, 1.165) is 12.8 Å². The van der Waals surface area contributed by atoms with Crippen molar-refractivity contribution in [3.05, 3.63) is 23.8 Å². The van der Waals surface area contributed by atoms with Crippen molar-refractivity contribution < 1.29 is 28.5 Å². The zero-order valence-corrected chi connectivity index (χ0v) is 13.8. The number of rotatable bonds is 7. The van der Waals surface area contributed by atoms with E-state index >= 15 is 0 Å². The van der Waals surface area contributed by atoms with Gasteiger partial charge in [-0.05, 0) is 38.0 Å². The maximum absolute atomic E-state index is 12.5. The predicted molar refractivity (Wildman–Crippen MR) is 84.4 cm³/mol. The van der Waals surface area contributed by atoms with Crippen LogP contribution in [-0.2, 0) is 9.47 Å². The number of carbonyl (C=O) groups is 2. The SMILES string of the molecule is CC(C(=O)c1ccc2c(c1)OCO2)N(C)C(=O)OCCOC1CC1. The first-order chi connectivity index (χ1) is 11.6. The third-order valence-corrected chi connectivity index (χ3v) is 4.09. The number of ether oxygens (including phenoxy) is 4. The number of amides is 1. The molecule has 0 bridgehead atoms. The summed E-state index contributed by atoms with van der Waals surface area (Å²) in [6.45, 7) is 2.38. The van der Waals surface area contributed by atoms with E-state index in [1.54, 1.807) is 32.2 Å². The number of hydrogen-bond acceptors (Lipinski definition) is 6. The summed E-state index contributed by atoms with van der Waals surface area (Å²) in [4.78, 5) is 25.8. The number of Topliss-reactive ketones (excluding diaryl/α,β-unsaturated/α-hetero) is 1. The van der Waals surface area contributed by atoms with Gasteiger partial charge in [0.1, 0.15) is 6.61 Å². The van der Waals surface area contributed by atoms with Crippen LogP contribution in [0.4, 0.5) is 4.79 Å². The van der Waals surface area contributed by atoms with E-state index in [9.17, 15) is 9.59 Å². The molecule has 0 N–H and O–H groups in total. The molecule has 7 heteroatoms. The second-order valence-corrected chi connectivity index (χ2v) is 5.90. The average molecular weight is 335 g/mol. The van der Waals surface area contributed by atoms with Crippen molar-refractivity contribution in [2.45, 2.75) is 31.9 Å². The number of carbonyl (C=O) groups excluding carboxylic acids is 2. The first-order valence-electron chi connectivity index (χ1n) is 8.01. The van der Waals surface area contributed by atoms with Crippen LogP contribution in [0.1, 0.15) is 30.1 Å². The van der Waals surface area contributed by atoms with Crippen LogP contribution >= 0.6 is 0 Å². The number of nitrogens with zero attached hydrogens (tertiary/aromatic N) is 1. The van der Waals surface area contributed by atoms with Gasteiger partial charge in [-0.1, -0.05) is 0 Å². The Bertz CT molecular complexity index is 628. The Labute approximate surface area is 140 Å². The van der Waals surface area contributed by atoms with E-state index < -0.39 is 12.1 Å². The summed E-state index contributed by atoms with van der Waals surface area (Å²) in [5, 5.41) is 0. The molecule has 1 unspecified atom stereocenters. The van der Waals surface area contributed by atoms with Crippen molar-refractivity contribution in [1.29, 1.82) is 0 Å². The van der Waals surface area contributed by atoms with Crippen molar-refractivity contribution in [3.8, 4) is 11.5 Å². The monoisotopic (exact) mass is 335 g/mol. The molecule has 1 aromatic carbocycles. The van der Waals surface area contributed by atoms with Gasteiger partial charge in [0, 0.05) is 12.6 Å². The molecule has 1 aliphatic heterocycles. The average Bonchev–Trinajstić information content (AvgIpc) is 3.30. The lowest BCUT2D eigenvalue weighted by molar-refractivity contribution is 0.0458. The third-order valence-electron chi connectivity index (χ3n) is 4.09. The fourth-order valence-electron chi connectivity index (χ4n) is 2.31. The second-order valence-electron chi connectivity index (χ2n) is 5.90. The maximum atomic E-state index is 12.5. The van der Waals surface area contributed by atoms with E-state index in [2.05, 4.69) is 0 Å². The van der Waals surface area contributed by atoms with Gasteiger partial charge in [-0.3, -0.25) is 4.79 Å². The van der Waals surface area contributed by atoms with E-state index in [1.807, 2.05) is 0 Å². The summed E-state index contributed by atoms with van der Waals surface area (Å²) < 4.78 is 21.0. The minimum atomic E-state index is -0.651. The van der Waals surface area contributed by atoms with Crippen molar-refractivity contribution >= 4 is 11.9 Å². The van der Waals surface area contributed by atoms with Crippen molar-refractivity contribution in [2.75, 3.05) is 27.1 Å². The molecule has 3 rings (SSSR count). The lowest BCUT2D eigenvalue weighted by Gasteiger charge is -2.23. The van der Waals surface area contributed by atoms with Crippen LogP contribution in [0.15, 0.2) is 18.2 Å². The van der Waals surface area contributed by atoms with Gasteiger partial charge in [-0.25, -0.2) is 4.79 Å². The fraction of sp³-hybridized carbons (Fsp3) is 0.529. The van der Waals surface area contributed by atoms with Crippen LogP contribution in [0.5, 0.6) is 11.5 Å². The molecule has 1 saturated carbocycles. The molecule has 2 aliphatic rings. The third kappa shape index (κ3) is 3.79. The fourth-order valence-corrected chi connectivity index (χ4v) is 2.31. The van der Waals surface area contributed by atoms with Crippen LogP contribution < -0.4 is 9.47 Å². The van der Waals surface area contributed by atoms with Gasteiger partial charge in [0.25, 0.3) is 0 Å². The number of likely N-dealkylation sites (N-methyl/N-ethyl adjacent to an activating group) is 1. The Kier molecular flexibility index (Phi) is 4.89. The minimum absolute atomic E-state index is 0.150. The highest BCUT2D eigenvalue weighted by molar-refractivity contribution is 6.01. The Balaban J connectivity index is 1.52. The van der Waals surface area contributed by atoms with Gasteiger partial charge < -0.3 is 23.8 Å². The van der Waals surface area contributed by atoms with Gasteiger partial charge in [-0.2, -0.15) is 0 Å². The lowest BCUT2D eigenvalue weighted by atomic mass is 10.0. The number of hydrogen-bond donors (Lipinski definition) is 0. The number of benzene rings is 1. The van der Waals surface area contributed by atoms with Crippen molar-refractivity contribution in [1.82, 2.24) is 4.90 Å². The molecular formula is C17H21NO6. The Morgan fingerprint density at radius 3 is 2.75 bits per heavy atom. The van der Waals surface area contributed by atoms with Crippen LogP contribution in [-0.4, -0.2) is 56.0 Å². The Hall–Kier alpha value is -2.28. The highest BCUT2D eigenvalue weighted by Crippen LogP contribution is 2.33. The zero-order chi connectivity index (χ0) is 17.1. The molecule has 1 fully saturated rings. The normalized spacial score (nSPS) is 16.6. The van der Waals surface area contributed by atoms with E-state index in [0.29, 0.717) is 29.8 Å². The van der Waals surface area contributed by atoms with Gasteiger partial charge in [0.15, 0.2) is 17.3 Å². The molecule has 1 aromatic rings. The Morgan fingerprint density at radius 1 is 1.25 bits per heavy atom. The summed E-state index contributed by atoms with van der Waals surface area (Å²) in [5.74, 6) is 0.958. The van der Waals surface area contributed by atoms with Gasteiger partial charge >= 0.3 is 6.09 Å². The van der Waals surface area contributed by atoms with Gasteiger partial charge in [-0.15, -0.1) is 0 Å². The molecule has 1 heterocycles. The van der Waals surface area contributed by atoms with Gasteiger partial charge in [0.05, 0.1) is 18.8 Å². The molecule has 24 heavy (non-hydrogen) atoms. The molecule has 0 aromatic heterocycles. The lowest BCUT2D eigenvalue weighted by Crippen LogP contribution is -2.41. The van der Waals surface area contributed by atoms with E-state index in [4.69, 9.17) is 18.9 Å². The highest BCUT2D eigenvalue weighted by Gasteiger charge is 2.26. The molecule has 0 saturated heterocycles. The van der Waals surface area contributed by atoms with Crippen LogP contribution in [0.3, 0.4) is 0 Å². The van der Waals surface area contributed by atoms with Gasteiger partial charge in [0.2, 0.25) is 6.79 Å². The summed E-state index contributed by atoms with van der Waals surface area (Å²) in [5.41, 5.74) is 0.462. The number of ketones is 1.